The van der Waals surface area contributed by atoms with Crippen LogP contribution < -0.4 is 4.74 Å². The molecule has 1 rings (SSSR count). The Balaban J connectivity index is 2.47. The smallest absolute Gasteiger partial charge is 0.344 e. The monoisotopic (exact) mass is 348 g/mol. The number of alkyl halides is 1. The summed E-state index contributed by atoms with van der Waals surface area (Å²) in [4.78, 5) is 11.4. The second kappa shape index (κ2) is 6.23. The minimum atomic E-state index is -0.468. The molecule has 0 aliphatic carbocycles. The van der Waals surface area contributed by atoms with Crippen LogP contribution in [-0.2, 0) is 14.0 Å². The molecule has 4 heteroatoms. The number of hydrogen-bond acceptors (Lipinski definition) is 3. The number of carbonyl (C=O) groups is 1. The van der Waals surface area contributed by atoms with Gasteiger partial charge < -0.3 is 9.47 Å². The van der Waals surface area contributed by atoms with Crippen LogP contribution >= 0.6 is 22.6 Å². The molecular weight excluding hydrogens is 331 g/mol. The molecule has 0 N–H and O–H groups in total. The molecule has 94 valence electrons. The molecule has 0 unspecified atom stereocenters. The lowest BCUT2D eigenvalue weighted by atomic mass is 10.2. The highest BCUT2D eigenvalue weighted by atomic mass is 127. The van der Waals surface area contributed by atoms with Crippen molar-refractivity contribution in [1.82, 2.24) is 0 Å². The molecule has 0 saturated carbocycles. The largest absolute Gasteiger partial charge is 0.482 e. The van der Waals surface area contributed by atoms with E-state index in [-0.39, 0.29) is 12.6 Å². The van der Waals surface area contributed by atoms with Crippen molar-refractivity contribution in [3.8, 4) is 5.75 Å². The molecule has 0 aromatic heterocycles. The zero-order chi connectivity index (χ0) is 12.9. The summed E-state index contributed by atoms with van der Waals surface area (Å²) in [7, 11) is 0. The average molecular weight is 348 g/mol. The second-order valence-corrected chi connectivity index (χ2v) is 5.42. The Morgan fingerprint density at radius 2 is 2.06 bits per heavy atom. The fraction of sp³-hybridized carbons (Fsp3) is 0.462. The van der Waals surface area contributed by atoms with Crippen molar-refractivity contribution < 1.29 is 14.3 Å². The molecule has 0 amide bonds. The van der Waals surface area contributed by atoms with Crippen LogP contribution in [-0.4, -0.2) is 18.2 Å². The number of halogens is 1. The Hall–Kier alpha value is -0.780. The highest BCUT2D eigenvalue weighted by Gasteiger charge is 2.16. The molecule has 0 bridgehead atoms. The zero-order valence-electron chi connectivity index (χ0n) is 10.3. The summed E-state index contributed by atoms with van der Waals surface area (Å²) in [6, 6.07) is 7.70. The van der Waals surface area contributed by atoms with Crippen LogP contribution in [0.25, 0.3) is 0 Å². The Bertz CT molecular complexity index is 382. The Morgan fingerprint density at radius 1 is 1.35 bits per heavy atom. The van der Waals surface area contributed by atoms with Gasteiger partial charge >= 0.3 is 5.97 Å². The van der Waals surface area contributed by atoms with E-state index in [1.165, 1.54) is 5.56 Å². The molecule has 0 fully saturated rings. The van der Waals surface area contributed by atoms with Gasteiger partial charge in [0.05, 0.1) is 0 Å². The molecule has 0 spiro atoms. The van der Waals surface area contributed by atoms with E-state index in [2.05, 4.69) is 22.6 Å². The first-order valence-electron chi connectivity index (χ1n) is 5.40. The van der Waals surface area contributed by atoms with Gasteiger partial charge in [-0.15, -0.1) is 0 Å². The van der Waals surface area contributed by atoms with Crippen LogP contribution in [0.3, 0.4) is 0 Å². The number of esters is 1. The Kier molecular flexibility index (Phi) is 5.24. The van der Waals surface area contributed by atoms with Crippen LogP contribution in [0.4, 0.5) is 0 Å². The lowest BCUT2D eigenvalue weighted by Gasteiger charge is -2.19. The van der Waals surface area contributed by atoms with Crippen LogP contribution in [0.2, 0.25) is 0 Å². The van der Waals surface area contributed by atoms with Crippen LogP contribution in [0.5, 0.6) is 5.75 Å². The second-order valence-electron chi connectivity index (χ2n) is 4.66. The molecule has 0 radical (unpaired) electrons. The number of hydrogen-bond donors (Lipinski definition) is 0. The van der Waals surface area contributed by atoms with Crippen molar-refractivity contribution in [1.29, 1.82) is 0 Å². The average Bonchev–Trinajstić information content (AvgIpc) is 2.24. The zero-order valence-corrected chi connectivity index (χ0v) is 12.5. The van der Waals surface area contributed by atoms with Gasteiger partial charge in [-0.2, -0.15) is 0 Å². The number of carbonyl (C=O) groups excluding carboxylic acids is 1. The minimum absolute atomic E-state index is 0.0536. The van der Waals surface area contributed by atoms with Gasteiger partial charge in [-0.25, -0.2) is 4.79 Å². The van der Waals surface area contributed by atoms with E-state index in [1.54, 1.807) is 0 Å². The molecule has 0 heterocycles. The number of benzene rings is 1. The molecule has 0 atom stereocenters. The van der Waals surface area contributed by atoms with Gasteiger partial charge in [-0.05, 0) is 38.5 Å². The molecule has 0 saturated heterocycles. The highest BCUT2D eigenvalue weighted by molar-refractivity contribution is 14.1. The van der Waals surface area contributed by atoms with Gasteiger partial charge in [0.2, 0.25) is 0 Å². The van der Waals surface area contributed by atoms with Crippen molar-refractivity contribution in [2.75, 3.05) is 6.61 Å². The molecule has 0 aliphatic rings. The van der Waals surface area contributed by atoms with E-state index in [0.717, 1.165) is 4.43 Å². The summed E-state index contributed by atoms with van der Waals surface area (Å²) in [6.07, 6.45) is 0. The highest BCUT2D eigenvalue weighted by Crippen LogP contribution is 2.16. The Labute approximate surface area is 116 Å². The summed E-state index contributed by atoms with van der Waals surface area (Å²) >= 11 is 2.28. The fourth-order valence-corrected chi connectivity index (χ4v) is 1.71. The molecule has 0 aliphatic heterocycles. The van der Waals surface area contributed by atoms with Gasteiger partial charge in [0.1, 0.15) is 11.4 Å². The SMILES string of the molecule is CC(C)(C)OC(=O)COc1cccc(CI)c1. The summed E-state index contributed by atoms with van der Waals surface area (Å²) in [5.41, 5.74) is 0.706. The van der Waals surface area contributed by atoms with Gasteiger partial charge in [0.15, 0.2) is 6.61 Å². The molecule has 3 nitrogen and oxygen atoms in total. The van der Waals surface area contributed by atoms with Crippen LogP contribution in [0.15, 0.2) is 24.3 Å². The third-order valence-corrected chi connectivity index (χ3v) is 2.71. The van der Waals surface area contributed by atoms with Gasteiger partial charge in [-0.1, -0.05) is 34.7 Å². The lowest BCUT2D eigenvalue weighted by Crippen LogP contribution is -2.27. The third-order valence-electron chi connectivity index (χ3n) is 1.83. The first kappa shape index (κ1) is 14.3. The van der Waals surface area contributed by atoms with Crippen LogP contribution in [0, 0.1) is 0 Å². The summed E-state index contributed by atoms with van der Waals surface area (Å²) < 4.78 is 11.4. The molecule has 17 heavy (non-hydrogen) atoms. The van der Waals surface area contributed by atoms with E-state index < -0.39 is 5.60 Å². The van der Waals surface area contributed by atoms with Crippen molar-refractivity contribution in [2.45, 2.75) is 30.8 Å². The maximum absolute atomic E-state index is 11.4. The van der Waals surface area contributed by atoms with Crippen molar-refractivity contribution >= 4 is 28.6 Å². The van der Waals surface area contributed by atoms with E-state index in [9.17, 15) is 4.79 Å². The van der Waals surface area contributed by atoms with Gasteiger partial charge in [0.25, 0.3) is 0 Å². The van der Waals surface area contributed by atoms with E-state index >= 15 is 0 Å². The predicted molar refractivity (Wildman–Crippen MR) is 75.5 cm³/mol. The topological polar surface area (TPSA) is 35.5 Å². The maximum atomic E-state index is 11.4. The standard InChI is InChI=1S/C13H17IO3/c1-13(2,3)17-12(15)9-16-11-6-4-5-10(7-11)8-14/h4-7H,8-9H2,1-3H3. The van der Waals surface area contributed by atoms with Gasteiger partial charge in [-0.3, -0.25) is 0 Å². The molecule has 1 aromatic carbocycles. The van der Waals surface area contributed by atoms with E-state index in [1.807, 2.05) is 45.0 Å². The first-order valence-corrected chi connectivity index (χ1v) is 6.93. The van der Waals surface area contributed by atoms with Crippen LogP contribution in [0.1, 0.15) is 26.3 Å². The summed E-state index contributed by atoms with van der Waals surface area (Å²) in [6.45, 7) is 5.45. The molecular formula is C13H17IO3. The minimum Gasteiger partial charge on any atom is -0.482 e. The summed E-state index contributed by atoms with van der Waals surface area (Å²) in [5, 5.41) is 0. The van der Waals surface area contributed by atoms with Crippen molar-refractivity contribution in [3.63, 3.8) is 0 Å². The Morgan fingerprint density at radius 3 is 2.65 bits per heavy atom. The number of ether oxygens (including phenoxy) is 2. The number of rotatable bonds is 4. The first-order chi connectivity index (χ1) is 7.90. The van der Waals surface area contributed by atoms with Crippen molar-refractivity contribution in [2.24, 2.45) is 0 Å². The molecule has 1 aromatic rings. The fourth-order valence-electron chi connectivity index (χ4n) is 1.23. The normalized spacial score (nSPS) is 11.1. The third kappa shape index (κ3) is 5.91. The quantitative estimate of drug-likeness (QED) is 0.476. The lowest BCUT2D eigenvalue weighted by molar-refractivity contribution is -0.157. The van der Waals surface area contributed by atoms with Gasteiger partial charge in [0, 0.05) is 4.43 Å². The predicted octanol–water partition coefficient (Wildman–Crippen LogP) is 3.34. The summed E-state index contributed by atoms with van der Waals surface area (Å²) in [5.74, 6) is 0.349. The maximum Gasteiger partial charge on any atom is 0.344 e. The van der Waals surface area contributed by atoms with E-state index in [4.69, 9.17) is 9.47 Å². The van der Waals surface area contributed by atoms with Crippen molar-refractivity contribution in [3.05, 3.63) is 29.8 Å². The van der Waals surface area contributed by atoms with E-state index in [0.29, 0.717) is 5.75 Å².